The standard InChI is InChI=1S/C25H23BrN2O5S/c1-4-32-18-9-6-15(7-10-18)22-21(24(31)33-5-2)14(3)27-25-28(22)23(30)20(34-25)13-16-12-17(26)8-11-19(16)29/h6-13,22,29H,4-5H2,1-3H3/b20-13-/t22-/m1/s1. The van der Waals surface area contributed by atoms with Crippen LogP contribution in [0.25, 0.3) is 6.08 Å². The normalized spacial score (nSPS) is 15.6. The Labute approximate surface area is 208 Å². The molecule has 7 nitrogen and oxygen atoms in total. The van der Waals surface area contributed by atoms with Crippen LogP contribution in [0, 0.1) is 0 Å². The third kappa shape index (κ3) is 4.58. The van der Waals surface area contributed by atoms with Crippen LogP contribution in [0.5, 0.6) is 11.5 Å². The molecule has 0 aliphatic carbocycles. The Morgan fingerprint density at radius 3 is 2.62 bits per heavy atom. The van der Waals surface area contributed by atoms with E-state index < -0.39 is 12.0 Å². The lowest BCUT2D eigenvalue weighted by Gasteiger charge is -2.24. The van der Waals surface area contributed by atoms with E-state index in [1.54, 1.807) is 38.1 Å². The fourth-order valence-electron chi connectivity index (χ4n) is 3.80. The number of phenols is 1. The molecule has 1 aromatic heterocycles. The van der Waals surface area contributed by atoms with Gasteiger partial charge < -0.3 is 14.6 Å². The Morgan fingerprint density at radius 2 is 1.94 bits per heavy atom. The average Bonchev–Trinajstić information content (AvgIpc) is 3.11. The summed E-state index contributed by atoms with van der Waals surface area (Å²) >= 11 is 4.59. The Balaban J connectivity index is 1.93. The topological polar surface area (TPSA) is 90.1 Å². The lowest BCUT2D eigenvalue weighted by Crippen LogP contribution is -2.39. The van der Waals surface area contributed by atoms with Gasteiger partial charge in [0, 0.05) is 10.0 Å². The van der Waals surface area contributed by atoms with Crippen molar-refractivity contribution in [3.8, 4) is 11.5 Å². The number of aromatic hydroxyl groups is 1. The number of benzene rings is 2. The molecule has 0 radical (unpaired) electrons. The van der Waals surface area contributed by atoms with Crippen LogP contribution in [0.3, 0.4) is 0 Å². The highest BCUT2D eigenvalue weighted by Gasteiger charge is 2.33. The molecule has 0 fully saturated rings. The Morgan fingerprint density at radius 1 is 1.21 bits per heavy atom. The summed E-state index contributed by atoms with van der Waals surface area (Å²) in [7, 11) is 0. The molecule has 34 heavy (non-hydrogen) atoms. The number of thiazole rings is 1. The molecule has 3 aromatic rings. The van der Waals surface area contributed by atoms with Gasteiger partial charge in [0.1, 0.15) is 11.5 Å². The summed E-state index contributed by atoms with van der Waals surface area (Å²) in [6, 6.07) is 11.6. The highest BCUT2D eigenvalue weighted by molar-refractivity contribution is 9.10. The zero-order valence-corrected chi connectivity index (χ0v) is 21.3. The largest absolute Gasteiger partial charge is 0.507 e. The lowest BCUT2D eigenvalue weighted by atomic mass is 9.96. The van der Waals surface area contributed by atoms with Crippen molar-refractivity contribution in [2.45, 2.75) is 26.8 Å². The smallest absolute Gasteiger partial charge is 0.338 e. The monoisotopic (exact) mass is 542 g/mol. The van der Waals surface area contributed by atoms with E-state index in [4.69, 9.17) is 9.47 Å². The second kappa shape index (κ2) is 9.99. The molecule has 0 saturated heterocycles. The van der Waals surface area contributed by atoms with Gasteiger partial charge >= 0.3 is 5.97 Å². The van der Waals surface area contributed by atoms with Crippen LogP contribution in [0.2, 0.25) is 0 Å². The molecule has 0 saturated carbocycles. The number of nitrogens with zero attached hydrogens (tertiary/aromatic N) is 2. The average molecular weight is 543 g/mol. The summed E-state index contributed by atoms with van der Waals surface area (Å²) in [4.78, 5) is 31.6. The number of fused-ring (bicyclic) bond motifs is 1. The fraction of sp³-hybridized carbons (Fsp3) is 0.240. The first-order valence-electron chi connectivity index (χ1n) is 10.7. The number of hydrogen-bond donors (Lipinski definition) is 1. The lowest BCUT2D eigenvalue weighted by molar-refractivity contribution is -0.139. The first-order chi connectivity index (χ1) is 16.3. The maximum Gasteiger partial charge on any atom is 0.338 e. The van der Waals surface area contributed by atoms with Gasteiger partial charge in [-0.1, -0.05) is 39.4 Å². The molecule has 2 aromatic carbocycles. The van der Waals surface area contributed by atoms with E-state index in [1.807, 2.05) is 31.2 Å². The molecule has 2 heterocycles. The van der Waals surface area contributed by atoms with Crippen molar-refractivity contribution in [1.29, 1.82) is 0 Å². The second-order valence-electron chi connectivity index (χ2n) is 7.51. The van der Waals surface area contributed by atoms with Gasteiger partial charge in [0.25, 0.3) is 5.56 Å². The summed E-state index contributed by atoms with van der Waals surface area (Å²) < 4.78 is 13.5. The van der Waals surface area contributed by atoms with Gasteiger partial charge in [-0.15, -0.1) is 0 Å². The van der Waals surface area contributed by atoms with Crippen LogP contribution < -0.4 is 19.6 Å². The summed E-state index contributed by atoms with van der Waals surface area (Å²) in [5.74, 6) is 0.240. The Bertz CT molecular complexity index is 1450. The van der Waals surface area contributed by atoms with Crippen molar-refractivity contribution >= 4 is 39.3 Å². The van der Waals surface area contributed by atoms with Crippen molar-refractivity contribution < 1.29 is 19.4 Å². The molecule has 176 valence electrons. The highest BCUT2D eigenvalue weighted by atomic mass is 79.9. The third-order valence-corrected chi connectivity index (χ3v) is 6.78. The number of allylic oxidation sites excluding steroid dienone is 1. The molecule has 9 heteroatoms. The maximum atomic E-state index is 13.6. The van der Waals surface area contributed by atoms with Gasteiger partial charge in [0.15, 0.2) is 4.80 Å². The zero-order chi connectivity index (χ0) is 24.4. The summed E-state index contributed by atoms with van der Waals surface area (Å²) in [5.41, 5.74) is 1.74. The van der Waals surface area contributed by atoms with E-state index in [9.17, 15) is 14.7 Å². The van der Waals surface area contributed by atoms with E-state index in [-0.39, 0.29) is 17.9 Å². The molecule has 0 amide bonds. The summed E-state index contributed by atoms with van der Waals surface area (Å²) in [6.07, 6.45) is 1.63. The molecule has 1 aliphatic rings. The Hall–Kier alpha value is -3.17. The SMILES string of the molecule is CCOC(=O)C1=C(C)N=c2s/c(=C\c3cc(Br)ccc3O)c(=O)n2[C@@H]1c1ccc(OCC)cc1. The number of phenolic OH excluding ortho intramolecular Hbond substituents is 1. The van der Waals surface area contributed by atoms with Crippen molar-refractivity contribution in [2.75, 3.05) is 13.2 Å². The van der Waals surface area contributed by atoms with Crippen LogP contribution in [0.15, 0.2) is 68.0 Å². The number of carbonyl (C=O) groups excluding carboxylic acids is 1. The van der Waals surface area contributed by atoms with Crippen molar-refractivity contribution in [3.63, 3.8) is 0 Å². The zero-order valence-electron chi connectivity index (χ0n) is 18.9. The number of carbonyl (C=O) groups is 1. The van der Waals surface area contributed by atoms with Crippen molar-refractivity contribution in [2.24, 2.45) is 4.99 Å². The molecule has 1 aliphatic heterocycles. The number of esters is 1. The summed E-state index contributed by atoms with van der Waals surface area (Å²) in [5, 5.41) is 10.2. The predicted molar refractivity (Wildman–Crippen MR) is 134 cm³/mol. The molecule has 1 atom stereocenters. The maximum absolute atomic E-state index is 13.6. The van der Waals surface area contributed by atoms with Gasteiger partial charge in [-0.2, -0.15) is 0 Å². The third-order valence-electron chi connectivity index (χ3n) is 5.30. The molecule has 0 bridgehead atoms. The quantitative estimate of drug-likeness (QED) is 0.480. The van der Waals surface area contributed by atoms with Crippen LogP contribution in [0.1, 0.15) is 37.9 Å². The number of rotatable bonds is 6. The molecular weight excluding hydrogens is 520 g/mol. The molecule has 4 rings (SSSR count). The highest BCUT2D eigenvalue weighted by Crippen LogP contribution is 2.31. The van der Waals surface area contributed by atoms with E-state index in [0.717, 1.165) is 10.0 Å². The minimum atomic E-state index is -0.704. The molecular formula is C25H23BrN2O5S. The first-order valence-corrected chi connectivity index (χ1v) is 12.4. The van der Waals surface area contributed by atoms with Gasteiger partial charge in [0.2, 0.25) is 0 Å². The fourth-order valence-corrected chi connectivity index (χ4v) is 5.22. The Kier molecular flexibility index (Phi) is 7.04. The van der Waals surface area contributed by atoms with Crippen LogP contribution in [-0.2, 0) is 9.53 Å². The number of ether oxygens (including phenoxy) is 2. The minimum Gasteiger partial charge on any atom is -0.507 e. The van der Waals surface area contributed by atoms with Gasteiger partial charge in [-0.05, 0) is 62.7 Å². The van der Waals surface area contributed by atoms with E-state index in [1.165, 1.54) is 15.9 Å². The minimum absolute atomic E-state index is 0.0560. The van der Waals surface area contributed by atoms with Crippen LogP contribution in [0.4, 0.5) is 0 Å². The van der Waals surface area contributed by atoms with Crippen molar-refractivity contribution in [1.82, 2.24) is 4.57 Å². The first kappa shape index (κ1) is 24.0. The van der Waals surface area contributed by atoms with Gasteiger partial charge in [-0.25, -0.2) is 9.79 Å². The number of halogens is 1. The van der Waals surface area contributed by atoms with Crippen molar-refractivity contribution in [3.05, 3.63) is 89.0 Å². The molecule has 0 unspecified atom stereocenters. The van der Waals surface area contributed by atoms with Crippen LogP contribution in [-0.4, -0.2) is 28.9 Å². The van der Waals surface area contributed by atoms with E-state index in [2.05, 4.69) is 20.9 Å². The van der Waals surface area contributed by atoms with E-state index in [0.29, 0.717) is 38.5 Å². The van der Waals surface area contributed by atoms with Gasteiger partial charge in [0.05, 0.1) is 35.1 Å². The number of aromatic nitrogens is 1. The number of hydrogen-bond acceptors (Lipinski definition) is 7. The molecule has 1 N–H and O–H groups in total. The van der Waals surface area contributed by atoms with Gasteiger partial charge in [-0.3, -0.25) is 9.36 Å². The second-order valence-corrected chi connectivity index (χ2v) is 9.43. The summed E-state index contributed by atoms with van der Waals surface area (Å²) in [6.45, 7) is 6.12. The predicted octanol–water partition coefficient (Wildman–Crippen LogP) is 3.67. The molecule has 0 spiro atoms. The van der Waals surface area contributed by atoms with Crippen LogP contribution >= 0.6 is 27.3 Å². The van der Waals surface area contributed by atoms with E-state index >= 15 is 0 Å².